The van der Waals surface area contributed by atoms with E-state index < -0.39 is 17.3 Å². The topological polar surface area (TPSA) is 58.6 Å². The van der Waals surface area contributed by atoms with Gasteiger partial charge < -0.3 is 15.2 Å². The van der Waals surface area contributed by atoms with Crippen molar-refractivity contribution in [1.29, 1.82) is 0 Å². The molecule has 0 heterocycles. The van der Waals surface area contributed by atoms with Crippen LogP contribution in [0.15, 0.2) is 18.2 Å². The fourth-order valence-electron chi connectivity index (χ4n) is 1.46. The van der Waals surface area contributed by atoms with Crippen LogP contribution >= 0.6 is 0 Å². The van der Waals surface area contributed by atoms with E-state index >= 15 is 0 Å². The molecule has 5 heteroatoms. The lowest BCUT2D eigenvalue weighted by atomic mass is 10.1. The average molecular weight is 241 g/mol. The minimum atomic E-state index is -0.754. The van der Waals surface area contributed by atoms with Gasteiger partial charge in [-0.15, -0.1) is 0 Å². The number of aromatic hydroxyl groups is 1. The van der Waals surface area contributed by atoms with Gasteiger partial charge in [0.05, 0.1) is 17.7 Å². The third kappa shape index (κ3) is 3.71. The smallest absolute Gasteiger partial charge is 0.254 e. The lowest BCUT2D eigenvalue weighted by molar-refractivity contribution is 0.0816. The summed E-state index contributed by atoms with van der Waals surface area (Å²) in [5.74, 6) is -1.50. The van der Waals surface area contributed by atoms with Crippen LogP contribution in [0.1, 0.15) is 24.2 Å². The van der Waals surface area contributed by atoms with Crippen molar-refractivity contribution in [3.05, 3.63) is 29.6 Å². The first kappa shape index (κ1) is 13.4. The van der Waals surface area contributed by atoms with E-state index in [1.165, 1.54) is 19.2 Å². The molecule has 0 radical (unpaired) electrons. The third-order valence-corrected chi connectivity index (χ3v) is 2.15. The van der Waals surface area contributed by atoms with Crippen LogP contribution in [-0.4, -0.2) is 30.3 Å². The van der Waals surface area contributed by atoms with Crippen LogP contribution in [0.3, 0.4) is 0 Å². The normalized spacial score (nSPS) is 11.3. The molecule has 94 valence electrons. The summed E-state index contributed by atoms with van der Waals surface area (Å²) in [6, 6.07) is 3.41. The molecule has 0 atom stereocenters. The van der Waals surface area contributed by atoms with Crippen molar-refractivity contribution < 1.29 is 19.0 Å². The fourth-order valence-corrected chi connectivity index (χ4v) is 1.46. The highest BCUT2D eigenvalue weighted by Crippen LogP contribution is 2.16. The predicted octanol–water partition coefficient (Wildman–Crippen LogP) is 1.69. The van der Waals surface area contributed by atoms with Gasteiger partial charge in [-0.1, -0.05) is 0 Å². The number of methoxy groups -OCH3 is 1. The Bertz CT molecular complexity index is 418. The van der Waals surface area contributed by atoms with Crippen molar-refractivity contribution in [1.82, 2.24) is 5.32 Å². The Morgan fingerprint density at radius 2 is 2.18 bits per heavy atom. The molecule has 17 heavy (non-hydrogen) atoms. The zero-order chi connectivity index (χ0) is 13.1. The molecule has 0 bridgehead atoms. The predicted molar refractivity (Wildman–Crippen MR) is 61.5 cm³/mol. The summed E-state index contributed by atoms with van der Waals surface area (Å²) in [4.78, 5) is 11.8. The number of phenolic OH excluding ortho intramolecular Hbond substituents is 1. The minimum Gasteiger partial charge on any atom is -0.508 e. The molecule has 0 saturated heterocycles. The van der Waals surface area contributed by atoms with E-state index in [4.69, 9.17) is 9.84 Å². The minimum absolute atomic E-state index is 0.105. The highest BCUT2D eigenvalue weighted by Gasteiger charge is 2.22. The summed E-state index contributed by atoms with van der Waals surface area (Å²) < 4.78 is 18.4. The Morgan fingerprint density at radius 1 is 1.53 bits per heavy atom. The SMILES string of the molecule is COCC(C)(C)NC(=O)c1ccc(O)cc1F. The second-order valence-corrected chi connectivity index (χ2v) is 4.44. The molecule has 1 aromatic carbocycles. The number of hydrogen-bond donors (Lipinski definition) is 2. The van der Waals surface area contributed by atoms with Gasteiger partial charge in [0.1, 0.15) is 11.6 Å². The van der Waals surface area contributed by atoms with Crippen LogP contribution < -0.4 is 5.32 Å². The van der Waals surface area contributed by atoms with Gasteiger partial charge in [-0.2, -0.15) is 0 Å². The van der Waals surface area contributed by atoms with Crippen molar-refractivity contribution in [3.63, 3.8) is 0 Å². The van der Waals surface area contributed by atoms with Gasteiger partial charge in [-0.3, -0.25) is 4.79 Å². The number of amides is 1. The first-order valence-electron chi connectivity index (χ1n) is 5.16. The number of benzene rings is 1. The van der Waals surface area contributed by atoms with Crippen molar-refractivity contribution >= 4 is 5.91 Å². The van der Waals surface area contributed by atoms with Gasteiger partial charge in [0.15, 0.2) is 0 Å². The maximum atomic E-state index is 13.4. The Morgan fingerprint density at radius 3 is 2.71 bits per heavy atom. The maximum absolute atomic E-state index is 13.4. The Hall–Kier alpha value is -1.62. The molecule has 1 aromatic rings. The summed E-state index contributed by atoms with van der Waals surface area (Å²) in [6.07, 6.45) is 0. The molecule has 0 fully saturated rings. The van der Waals surface area contributed by atoms with Crippen LogP contribution in [0.25, 0.3) is 0 Å². The van der Waals surface area contributed by atoms with E-state index in [1.807, 2.05) is 0 Å². The first-order chi connectivity index (χ1) is 7.85. The van der Waals surface area contributed by atoms with E-state index in [9.17, 15) is 9.18 Å². The molecule has 0 aliphatic rings. The molecule has 2 N–H and O–H groups in total. The second kappa shape index (κ2) is 5.14. The van der Waals surface area contributed by atoms with Crippen LogP contribution in [0.4, 0.5) is 4.39 Å². The third-order valence-electron chi connectivity index (χ3n) is 2.15. The largest absolute Gasteiger partial charge is 0.508 e. The quantitative estimate of drug-likeness (QED) is 0.843. The molecule has 0 aliphatic carbocycles. The maximum Gasteiger partial charge on any atom is 0.254 e. The number of nitrogens with one attached hydrogen (secondary N) is 1. The highest BCUT2D eigenvalue weighted by molar-refractivity contribution is 5.95. The van der Waals surface area contributed by atoms with E-state index in [0.29, 0.717) is 6.61 Å². The molecule has 1 rings (SSSR count). The van der Waals surface area contributed by atoms with Crippen molar-refractivity contribution in [3.8, 4) is 5.75 Å². The monoisotopic (exact) mass is 241 g/mol. The average Bonchev–Trinajstić information content (AvgIpc) is 2.15. The highest BCUT2D eigenvalue weighted by atomic mass is 19.1. The van der Waals surface area contributed by atoms with Gasteiger partial charge in [-0.25, -0.2) is 4.39 Å². The molecule has 0 aliphatic heterocycles. The molecular weight excluding hydrogens is 225 g/mol. The van der Waals surface area contributed by atoms with Crippen molar-refractivity contribution in [2.24, 2.45) is 0 Å². The number of halogens is 1. The molecule has 0 unspecified atom stereocenters. The van der Waals surface area contributed by atoms with Crippen LogP contribution in [0.2, 0.25) is 0 Å². The Kier molecular flexibility index (Phi) is 4.07. The zero-order valence-corrected chi connectivity index (χ0v) is 10.1. The number of phenols is 1. The molecule has 0 aromatic heterocycles. The van der Waals surface area contributed by atoms with Crippen LogP contribution in [-0.2, 0) is 4.74 Å². The van der Waals surface area contributed by atoms with Gasteiger partial charge in [0, 0.05) is 13.2 Å². The summed E-state index contributed by atoms with van der Waals surface area (Å²) in [5, 5.41) is 11.7. The summed E-state index contributed by atoms with van der Waals surface area (Å²) in [5.41, 5.74) is -0.692. The number of carbonyl (C=O) groups is 1. The van der Waals surface area contributed by atoms with Gasteiger partial charge in [0.2, 0.25) is 0 Å². The van der Waals surface area contributed by atoms with Crippen molar-refractivity contribution in [2.45, 2.75) is 19.4 Å². The molecule has 4 nitrogen and oxygen atoms in total. The molecule has 0 spiro atoms. The van der Waals surface area contributed by atoms with Crippen LogP contribution in [0.5, 0.6) is 5.75 Å². The van der Waals surface area contributed by atoms with Gasteiger partial charge >= 0.3 is 0 Å². The number of ether oxygens (including phenoxy) is 1. The van der Waals surface area contributed by atoms with Gasteiger partial charge in [0.25, 0.3) is 5.91 Å². The molecular formula is C12H16FNO3. The van der Waals surface area contributed by atoms with E-state index in [0.717, 1.165) is 6.07 Å². The van der Waals surface area contributed by atoms with Crippen LogP contribution in [0, 0.1) is 5.82 Å². The summed E-state index contributed by atoms with van der Waals surface area (Å²) in [7, 11) is 1.52. The summed E-state index contributed by atoms with van der Waals surface area (Å²) in [6.45, 7) is 3.86. The fraction of sp³-hybridized carbons (Fsp3) is 0.417. The number of hydrogen-bond acceptors (Lipinski definition) is 3. The zero-order valence-electron chi connectivity index (χ0n) is 10.1. The van der Waals surface area contributed by atoms with E-state index in [1.54, 1.807) is 13.8 Å². The van der Waals surface area contributed by atoms with Gasteiger partial charge in [-0.05, 0) is 26.0 Å². The number of rotatable bonds is 4. The number of carbonyl (C=O) groups excluding carboxylic acids is 1. The Balaban J connectivity index is 2.83. The van der Waals surface area contributed by atoms with E-state index in [2.05, 4.69) is 5.32 Å². The van der Waals surface area contributed by atoms with Crippen molar-refractivity contribution in [2.75, 3.05) is 13.7 Å². The lowest BCUT2D eigenvalue weighted by Crippen LogP contribution is -2.47. The molecule has 1 amide bonds. The standard InChI is InChI=1S/C12H16FNO3/c1-12(2,7-17-3)14-11(16)9-5-4-8(15)6-10(9)13/h4-6,15H,7H2,1-3H3,(H,14,16). The summed E-state index contributed by atoms with van der Waals surface area (Å²) >= 11 is 0. The lowest BCUT2D eigenvalue weighted by Gasteiger charge is -2.25. The first-order valence-corrected chi connectivity index (χ1v) is 5.16. The van der Waals surface area contributed by atoms with E-state index in [-0.39, 0.29) is 11.3 Å². The Labute approximate surface area is 99.4 Å². The second-order valence-electron chi connectivity index (χ2n) is 4.44. The molecule has 0 saturated carbocycles.